The van der Waals surface area contributed by atoms with Gasteiger partial charge >= 0.3 is 5.97 Å². The highest BCUT2D eigenvalue weighted by Gasteiger charge is 2.20. The lowest BCUT2D eigenvalue weighted by atomic mass is 9.96. The predicted molar refractivity (Wildman–Crippen MR) is 88.3 cm³/mol. The minimum absolute atomic E-state index is 0.0583. The van der Waals surface area contributed by atoms with Gasteiger partial charge in [0.1, 0.15) is 13.2 Å². The summed E-state index contributed by atoms with van der Waals surface area (Å²) < 4.78 is 18.1. The lowest BCUT2D eigenvalue weighted by Gasteiger charge is -2.13. The second-order valence-electron chi connectivity index (χ2n) is 5.56. The van der Waals surface area contributed by atoms with E-state index in [9.17, 15) is 14.0 Å². The van der Waals surface area contributed by atoms with E-state index >= 15 is 0 Å². The minimum Gasteiger partial charge on any atom is -0.462 e. The second-order valence-corrected chi connectivity index (χ2v) is 5.56. The van der Waals surface area contributed by atoms with Gasteiger partial charge in [-0.3, -0.25) is 9.59 Å². The predicted octanol–water partition coefficient (Wildman–Crippen LogP) is 2.14. The van der Waals surface area contributed by atoms with E-state index in [0.29, 0.717) is 16.7 Å². The fraction of sp³-hybridized carbons (Fsp3) is 0.263. The summed E-state index contributed by atoms with van der Waals surface area (Å²) in [5, 5.41) is 0. The first kappa shape index (κ1) is 17.8. The Labute approximate surface area is 140 Å². The number of quaternary nitrogens is 1. The largest absolute Gasteiger partial charge is 0.462 e. The summed E-state index contributed by atoms with van der Waals surface area (Å²) in [6, 6.07) is 15.8. The minimum atomic E-state index is -1.26. The molecule has 0 heterocycles. The standard InChI is InChI=1S/C19H20FNO3/c1-13(19(23)24-12-17(20)11-21)15-8-5-9-16(10-15)18(22)14-6-3-2-4-7-14/h2-10,13,17H,11-12,21H2,1H3/p+1/t13-,17?/m1/s1. The molecule has 0 radical (unpaired) electrons. The number of esters is 1. The summed E-state index contributed by atoms with van der Waals surface area (Å²) in [5.41, 5.74) is 5.17. The van der Waals surface area contributed by atoms with Gasteiger partial charge in [0, 0.05) is 11.1 Å². The highest BCUT2D eigenvalue weighted by Crippen LogP contribution is 2.20. The Kier molecular flexibility index (Phi) is 6.21. The molecule has 4 nitrogen and oxygen atoms in total. The van der Waals surface area contributed by atoms with E-state index in [1.165, 1.54) is 0 Å². The van der Waals surface area contributed by atoms with Gasteiger partial charge in [-0.05, 0) is 18.6 Å². The normalized spacial score (nSPS) is 13.1. The number of rotatable bonds is 7. The van der Waals surface area contributed by atoms with Crippen LogP contribution < -0.4 is 5.73 Å². The molecule has 5 heteroatoms. The van der Waals surface area contributed by atoms with Gasteiger partial charge in [-0.25, -0.2) is 4.39 Å². The molecule has 0 amide bonds. The monoisotopic (exact) mass is 330 g/mol. The zero-order valence-corrected chi connectivity index (χ0v) is 13.6. The van der Waals surface area contributed by atoms with Crippen molar-refractivity contribution in [1.29, 1.82) is 0 Å². The molecule has 0 bridgehead atoms. The summed E-state index contributed by atoms with van der Waals surface area (Å²) in [6.07, 6.45) is -1.26. The number of ketones is 1. The Hall–Kier alpha value is -2.53. The molecule has 0 saturated carbocycles. The van der Waals surface area contributed by atoms with Crippen LogP contribution in [0.5, 0.6) is 0 Å². The fourth-order valence-electron chi connectivity index (χ4n) is 2.22. The van der Waals surface area contributed by atoms with Crippen LogP contribution in [0.3, 0.4) is 0 Å². The van der Waals surface area contributed by atoms with Crippen molar-refractivity contribution in [1.82, 2.24) is 0 Å². The van der Waals surface area contributed by atoms with Gasteiger partial charge < -0.3 is 10.5 Å². The summed E-state index contributed by atoms with van der Waals surface area (Å²) in [5.74, 6) is -1.21. The number of hydrogen-bond donors (Lipinski definition) is 1. The van der Waals surface area contributed by atoms with E-state index in [1.807, 2.05) is 6.07 Å². The molecule has 24 heavy (non-hydrogen) atoms. The van der Waals surface area contributed by atoms with Gasteiger partial charge in [-0.15, -0.1) is 0 Å². The smallest absolute Gasteiger partial charge is 0.313 e. The maximum Gasteiger partial charge on any atom is 0.313 e. The van der Waals surface area contributed by atoms with Crippen molar-refractivity contribution in [2.24, 2.45) is 0 Å². The highest BCUT2D eigenvalue weighted by atomic mass is 19.1. The van der Waals surface area contributed by atoms with Crippen LogP contribution in [0.1, 0.15) is 34.3 Å². The van der Waals surface area contributed by atoms with E-state index in [0.717, 1.165) is 0 Å². The molecule has 0 aliphatic heterocycles. The van der Waals surface area contributed by atoms with Gasteiger partial charge in [-0.1, -0.05) is 48.5 Å². The van der Waals surface area contributed by atoms with Crippen molar-refractivity contribution in [3.05, 3.63) is 71.3 Å². The molecule has 1 unspecified atom stereocenters. The zero-order valence-electron chi connectivity index (χ0n) is 13.6. The maximum atomic E-state index is 13.1. The van der Waals surface area contributed by atoms with Crippen molar-refractivity contribution in [3.8, 4) is 0 Å². The Bertz CT molecular complexity index is 703. The SMILES string of the molecule is C[C@@H](C(=O)OCC(F)C[NH3+])c1cccc(C(=O)c2ccccc2)c1. The van der Waals surface area contributed by atoms with Crippen molar-refractivity contribution >= 4 is 11.8 Å². The zero-order chi connectivity index (χ0) is 17.5. The topological polar surface area (TPSA) is 71.0 Å². The Morgan fingerprint density at radius 3 is 2.42 bits per heavy atom. The van der Waals surface area contributed by atoms with Crippen LogP contribution in [0.25, 0.3) is 0 Å². The number of halogens is 1. The molecule has 2 aromatic carbocycles. The summed E-state index contributed by atoms with van der Waals surface area (Å²) in [4.78, 5) is 24.5. The molecule has 2 atom stereocenters. The summed E-state index contributed by atoms with van der Waals surface area (Å²) in [6.45, 7) is 1.43. The van der Waals surface area contributed by atoms with Crippen molar-refractivity contribution < 1.29 is 24.5 Å². The van der Waals surface area contributed by atoms with Crippen LogP contribution in [0, 0.1) is 0 Å². The maximum absolute atomic E-state index is 13.1. The first-order valence-corrected chi connectivity index (χ1v) is 7.82. The third-order valence-corrected chi connectivity index (χ3v) is 3.76. The van der Waals surface area contributed by atoms with Crippen molar-refractivity contribution in [3.63, 3.8) is 0 Å². The number of alkyl halides is 1. The number of ether oxygens (including phenoxy) is 1. The Morgan fingerprint density at radius 2 is 1.75 bits per heavy atom. The quantitative estimate of drug-likeness (QED) is 0.624. The van der Waals surface area contributed by atoms with Crippen molar-refractivity contribution in [2.45, 2.75) is 19.0 Å². The van der Waals surface area contributed by atoms with Gasteiger partial charge in [0.2, 0.25) is 0 Å². The second kappa shape index (κ2) is 8.36. The first-order valence-electron chi connectivity index (χ1n) is 7.82. The molecule has 3 N–H and O–H groups in total. The lowest BCUT2D eigenvalue weighted by molar-refractivity contribution is -0.380. The molecule has 2 aromatic rings. The fourth-order valence-corrected chi connectivity index (χ4v) is 2.22. The number of benzene rings is 2. The van der Waals surface area contributed by atoms with Crippen LogP contribution in [0.15, 0.2) is 54.6 Å². The third-order valence-electron chi connectivity index (χ3n) is 3.76. The van der Waals surface area contributed by atoms with E-state index in [1.54, 1.807) is 55.5 Å². The molecular formula is C19H21FNO3+. The number of carbonyl (C=O) groups is 2. The van der Waals surface area contributed by atoms with E-state index < -0.39 is 18.1 Å². The summed E-state index contributed by atoms with van der Waals surface area (Å²) >= 11 is 0. The molecule has 0 fully saturated rings. The molecule has 0 aliphatic rings. The molecule has 0 aromatic heterocycles. The Balaban J connectivity index is 2.12. The van der Waals surface area contributed by atoms with Crippen molar-refractivity contribution in [2.75, 3.05) is 13.2 Å². The van der Waals surface area contributed by atoms with E-state index in [2.05, 4.69) is 5.73 Å². The molecule has 0 spiro atoms. The van der Waals surface area contributed by atoms with Crippen LogP contribution in [-0.2, 0) is 9.53 Å². The Morgan fingerprint density at radius 1 is 1.08 bits per heavy atom. The summed E-state index contributed by atoms with van der Waals surface area (Å²) in [7, 11) is 0. The van der Waals surface area contributed by atoms with Crippen LogP contribution in [0.4, 0.5) is 4.39 Å². The van der Waals surface area contributed by atoms with Crippen LogP contribution >= 0.6 is 0 Å². The van der Waals surface area contributed by atoms with Gasteiger partial charge in [-0.2, -0.15) is 0 Å². The lowest BCUT2D eigenvalue weighted by Crippen LogP contribution is -2.55. The first-order chi connectivity index (χ1) is 11.5. The average Bonchev–Trinajstić information content (AvgIpc) is 2.65. The van der Waals surface area contributed by atoms with Crippen LogP contribution in [-0.4, -0.2) is 31.1 Å². The highest BCUT2D eigenvalue weighted by molar-refractivity contribution is 6.09. The molecule has 2 rings (SSSR count). The number of carbonyl (C=O) groups excluding carboxylic acids is 2. The van der Waals surface area contributed by atoms with Gasteiger partial charge in [0.25, 0.3) is 0 Å². The molecule has 0 saturated heterocycles. The number of hydrogen-bond acceptors (Lipinski definition) is 3. The molecular weight excluding hydrogens is 309 g/mol. The van der Waals surface area contributed by atoms with E-state index in [4.69, 9.17) is 4.74 Å². The average molecular weight is 330 g/mol. The van der Waals surface area contributed by atoms with Gasteiger partial charge in [0.15, 0.2) is 12.0 Å². The van der Waals surface area contributed by atoms with Crippen LogP contribution in [0.2, 0.25) is 0 Å². The molecule has 126 valence electrons. The van der Waals surface area contributed by atoms with Gasteiger partial charge in [0.05, 0.1) is 5.92 Å². The molecule has 0 aliphatic carbocycles. The van der Waals surface area contributed by atoms with E-state index in [-0.39, 0.29) is 18.9 Å². The third kappa shape index (κ3) is 4.49.